The Morgan fingerprint density at radius 1 is 0.750 bits per heavy atom. The molecule has 0 aromatic heterocycles. The summed E-state index contributed by atoms with van der Waals surface area (Å²) in [5.41, 5.74) is 2.80. The summed E-state index contributed by atoms with van der Waals surface area (Å²) in [6.07, 6.45) is 1.25. The second-order valence-corrected chi connectivity index (χ2v) is 6.10. The van der Waals surface area contributed by atoms with Gasteiger partial charge in [-0.1, -0.05) is 81.4 Å². The highest BCUT2D eigenvalue weighted by Crippen LogP contribution is 2.29. The molecule has 0 bridgehead atoms. The van der Waals surface area contributed by atoms with Crippen LogP contribution in [0.5, 0.6) is 0 Å². The van der Waals surface area contributed by atoms with Crippen LogP contribution in [0.15, 0.2) is 60.7 Å². The molecule has 2 aromatic carbocycles. The van der Waals surface area contributed by atoms with E-state index in [9.17, 15) is 0 Å². The third-order valence-corrected chi connectivity index (χ3v) is 4.54. The summed E-state index contributed by atoms with van der Waals surface area (Å²) >= 11 is 0. The van der Waals surface area contributed by atoms with Crippen molar-refractivity contribution in [1.82, 2.24) is 9.80 Å². The van der Waals surface area contributed by atoms with Crippen LogP contribution in [0.4, 0.5) is 0 Å². The molecule has 0 saturated carbocycles. The lowest BCUT2D eigenvalue weighted by molar-refractivity contribution is 0.109. The van der Waals surface area contributed by atoms with E-state index in [1.54, 1.807) is 0 Å². The highest BCUT2D eigenvalue weighted by Gasteiger charge is 2.25. The van der Waals surface area contributed by atoms with Gasteiger partial charge in [-0.3, -0.25) is 4.90 Å². The minimum absolute atomic E-state index is 0.381. The van der Waals surface area contributed by atoms with Gasteiger partial charge in [0.25, 0.3) is 0 Å². The van der Waals surface area contributed by atoms with Gasteiger partial charge in [0.05, 0.1) is 6.04 Å². The van der Waals surface area contributed by atoms with Crippen molar-refractivity contribution in [2.75, 3.05) is 32.7 Å². The lowest BCUT2D eigenvalue weighted by Crippen LogP contribution is -2.47. The highest BCUT2D eigenvalue weighted by molar-refractivity contribution is 5.31. The minimum atomic E-state index is 0.381. The van der Waals surface area contributed by atoms with Gasteiger partial charge < -0.3 is 4.90 Å². The summed E-state index contributed by atoms with van der Waals surface area (Å²) in [7, 11) is 0. The molecule has 1 aliphatic rings. The largest absolute Gasteiger partial charge is 0.301 e. The van der Waals surface area contributed by atoms with E-state index in [1.165, 1.54) is 37.2 Å². The molecule has 2 nitrogen and oxygen atoms in total. The summed E-state index contributed by atoms with van der Waals surface area (Å²) in [5.74, 6) is 0. The maximum atomic E-state index is 2.64. The monoisotopic (exact) mass is 324 g/mol. The van der Waals surface area contributed by atoms with Gasteiger partial charge in [-0.25, -0.2) is 0 Å². The first-order valence-electron chi connectivity index (χ1n) is 9.45. The standard InChI is InChI=1S/C20H26N2.C2H6/c1-2-13-21-14-16-22(17-15-21)20(18-9-5-3-6-10-18)19-11-7-4-8-12-19;1-2/h3-12,20H,2,13-17H2,1H3;1-2H3. The molecule has 1 heterocycles. The number of piperazine rings is 1. The fourth-order valence-electron chi connectivity index (χ4n) is 3.45. The molecule has 24 heavy (non-hydrogen) atoms. The van der Waals surface area contributed by atoms with Gasteiger partial charge in [-0.05, 0) is 24.1 Å². The van der Waals surface area contributed by atoms with Crippen molar-refractivity contribution in [2.24, 2.45) is 0 Å². The lowest BCUT2D eigenvalue weighted by Gasteiger charge is -2.39. The SMILES string of the molecule is CC.CCCN1CCN(C(c2ccccc2)c2ccccc2)CC1. The molecule has 2 heteroatoms. The average molecular weight is 325 g/mol. The predicted molar refractivity (Wildman–Crippen MR) is 104 cm³/mol. The van der Waals surface area contributed by atoms with E-state index in [1.807, 2.05) is 13.8 Å². The normalized spacial score (nSPS) is 15.8. The number of benzene rings is 2. The van der Waals surface area contributed by atoms with Crippen molar-refractivity contribution in [3.05, 3.63) is 71.8 Å². The first-order valence-corrected chi connectivity index (χ1v) is 9.45. The van der Waals surface area contributed by atoms with Crippen LogP contribution in [0, 0.1) is 0 Å². The Morgan fingerprint density at radius 2 is 1.21 bits per heavy atom. The summed E-state index contributed by atoms with van der Waals surface area (Å²) in [6.45, 7) is 12.2. The second-order valence-electron chi connectivity index (χ2n) is 6.10. The van der Waals surface area contributed by atoms with Crippen LogP contribution in [0.2, 0.25) is 0 Å². The summed E-state index contributed by atoms with van der Waals surface area (Å²) in [5, 5.41) is 0. The number of rotatable bonds is 5. The van der Waals surface area contributed by atoms with Crippen LogP contribution in [0.1, 0.15) is 44.4 Å². The Bertz CT molecular complexity index is 505. The van der Waals surface area contributed by atoms with Crippen LogP contribution >= 0.6 is 0 Å². The Labute approximate surface area is 148 Å². The second kappa shape index (κ2) is 10.3. The van der Waals surface area contributed by atoms with E-state index in [0.717, 1.165) is 13.1 Å². The van der Waals surface area contributed by atoms with E-state index in [4.69, 9.17) is 0 Å². The van der Waals surface area contributed by atoms with Crippen LogP contribution < -0.4 is 0 Å². The highest BCUT2D eigenvalue weighted by atomic mass is 15.3. The van der Waals surface area contributed by atoms with Crippen LogP contribution in [-0.4, -0.2) is 42.5 Å². The van der Waals surface area contributed by atoms with Gasteiger partial charge >= 0.3 is 0 Å². The maximum absolute atomic E-state index is 2.64. The molecule has 3 rings (SSSR count). The zero-order valence-electron chi connectivity index (χ0n) is 15.5. The van der Waals surface area contributed by atoms with Crippen molar-refractivity contribution in [2.45, 2.75) is 33.2 Å². The molecule has 1 fully saturated rings. The molecule has 0 aliphatic carbocycles. The van der Waals surface area contributed by atoms with Gasteiger partial charge in [-0.2, -0.15) is 0 Å². The first-order chi connectivity index (χ1) is 11.9. The zero-order valence-corrected chi connectivity index (χ0v) is 15.5. The van der Waals surface area contributed by atoms with E-state index in [-0.39, 0.29) is 0 Å². The number of nitrogens with zero attached hydrogens (tertiary/aromatic N) is 2. The van der Waals surface area contributed by atoms with E-state index in [2.05, 4.69) is 77.4 Å². The molecule has 0 spiro atoms. The van der Waals surface area contributed by atoms with Crippen molar-refractivity contribution in [3.8, 4) is 0 Å². The molecule has 0 radical (unpaired) electrons. The fraction of sp³-hybridized carbons (Fsp3) is 0.455. The molecule has 1 aliphatic heterocycles. The molecule has 0 atom stereocenters. The third kappa shape index (κ3) is 4.93. The Balaban J connectivity index is 0.00000100. The van der Waals surface area contributed by atoms with E-state index in [0.29, 0.717) is 6.04 Å². The van der Waals surface area contributed by atoms with Crippen molar-refractivity contribution >= 4 is 0 Å². The molecule has 1 saturated heterocycles. The predicted octanol–water partition coefficient (Wildman–Crippen LogP) is 4.83. The van der Waals surface area contributed by atoms with Gasteiger partial charge in [-0.15, -0.1) is 0 Å². The molecular weight excluding hydrogens is 292 g/mol. The fourth-order valence-corrected chi connectivity index (χ4v) is 3.45. The maximum Gasteiger partial charge on any atom is 0.0602 e. The Morgan fingerprint density at radius 3 is 1.62 bits per heavy atom. The van der Waals surface area contributed by atoms with Gasteiger partial charge in [0.15, 0.2) is 0 Å². The molecular formula is C22H32N2. The summed E-state index contributed by atoms with van der Waals surface area (Å²) < 4.78 is 0. The van der Waals surface area contributed by atoms with Crippen molar-refractivity contribution in [3.63, 3.8) is 0 Å². The lowest BCUT2D eigenvalue weighted by atomic mass is 9.96. The van der Waals surface area contributed by atoms with E-state index >= 15 is 0 Å². The molecule has 2 aromatic rings. The Hall–Kier alpha value is -1.64. The summed E-state index contributed by atoms with van der Waals surface area (Å²) in [4.78, 5) is 5.22. The van der Waals surface area contributed by atoms with Gasteiger partial charge in [0.1, 0.15) is 0 Å². The quantitative estimate of drug-likeness (QED) is 0.777. The number of hydrogen-bond acceptors (Lipinski definition) is 2. The molecule has 0 unspecified atom stereocenters. The molecule has 0 N–H and O–H groups in total. The van der Waals surface area contributed by atoms with E-state index < -0.39 is 0 Å². The van der Waals surface area contributed by atoms with Crippen molar-refractivity contribution < 1.29 is 0 Å². The number of hydrogen-bond donors (Lipinski definition) is 0. The van der Waals surface area contributed by atoms with Crippen LogP contribution in [0.3, 0.4) is 0 Å². The van der Waals surface area contributed by atoms with Gasteiger partial charge in [0.2, 0.25) is 0 Å². The summed E-state index contributed by atoms with van der Waals surface area (Å²) in [6, 6.07) is 22.2. The van der Waals surface area contributed by atoms with Gasteiger partial charge in [0, 0.05) is 26.2 Å². The average Bonchev–Trinajstić information content (AvgIpc) is 2.67. The molecule has 130 valence electrons. The zero-order chi connectivity index (χ0) is 17.2. The van der Waals surface area contributed by atoms with Crippen molar-refractivity contribution in [1.29, 1.82) is 0 Å². The Kier molecular flexibility index (Phi) is 8.00. The minimum Gasteiger partial charge on any atom is -0.301 e. The third-order valence-electron chi connectivity index (χ3n) is 4.54. The topological polar surface area (TPSA) is 6.48 Å². The smallest absolute Gasteiger partial charge is 0.0602 e. The molecule has 0 amide bonds. The first kappa shape index (κ1) is 18.7. The van der Waals surface area contributed by atoms with Crippen LogP contribution in [-0.2, 0) is 0 Å². The van der Waals surface area contributed by atoms with Crippen LogP contribution in [0.25, 0.3) is 0 Å².